The summed E-state index contributed by atoms with van der Waals surface area (Å²) in [7, 11) is 0. The van der Waals surface area contributed by atoms with Gasteiger partial charge in [0.15, 0.2) is 0 Å². The van der Waals surface area contributed by atoms with E-state index < -0.39 is 0 Å². The third kappa shape index (κ3) is 3.50. The molecule has 1 aromatic carbocycles. The van der Waals surface area contributed by atoms with Crippen LogP contribution in [0.2, 0.25) is 0 Å². The number of benzene rings is 1. The molecule has 0 unspecified atom stereocenters. The molecule has 0 bridgehead atoms. The topological polar surface area (TPSA) is 66.8 Å². The number of ether oxygens (including phenoxy) is 1. The van der Waals surface area contributed by atoms with Gasteiger partial charge in [-0.3, -0.25) is 4.79 Å². The van der Waals surface area contributed by atoms with Crippen LogP contribution in [0.15, 0.2) is 18.2 Å². The van der Waals surface area contributed by atoms with Gasteiger partial charge in [-0.25, -0.2) is 0 Å². The monoisotopic (exact) mass is 210 g/mol. The van der Waals surface area contributed by atoms with Crippen molar-refractivity contribution in [3.63, 3.8) is 0 Å². The molecule has 0 fully saturated rings. The molecule has 4 heteroatoms. The van der Waals surface area contributed by atoms with E-state index in [1.807, 2.05) is 6.92 Å². The fourth-order valence-corrected chi connectivity index (χ4v) is 1.12. The Labute approximate surface area is 88.1 Å². The fraction of sp³-hybridized carbons (Fsp3) is 0.364. The minimum atomic E-state index is -0.305. The highest BCUT2D eigenvalue weighted by Gasteiger charge is 2.06. The van der Waals surface area contributed by atoms with E-state index in [0.29, 0.717) is 12.0 Å². The van der Waals surface area contributed by atoms with E-state index in [9.17, 15) is 9.90 Å². The van der Waals surface area contributed by atoms with Crippen molar-refractivity contribution in [2.75, 3.05) is 0 Å². The maximum atomic E-state index is 11.0. The van der Waals surface area contributed by atoms with E-state index in [0.717, 1.165) is 6.42 Å². The molecule has 4 nitrogen and oxygen atoms in total. The van der Waals surface area contributed by atoms with Crippen molar-refractivity contribution >= 4 is 5.97 Å². The Morgan fingerprint density at radius 3 is 2.80 bits per heavy atom. The second-order valence-corrected chi connectivity index (χ2v) is 3.22. The summed E-state index contributed by atoms with van der Waals surface area (Å²) in [6.07, 6.45) is 1.09. The van der Waals surface area contributed by atoms with Crippen molar-refractivity contribution in [1.29, 1.82) is 0 Å². The molecule has 1 aromatic rings. The standard InChI is InChI=1S/C11H14O4/c1-2-3-11(14)15-7-8-6-9(12)4-5-10(8)13/h4-6,12-13H,2-3,7H2,1H3. The predicted molar refractivity (Wildman–Crippen MR) is 54.5 cm³/mol. The van der Waals surface area contributed by atoms with E-state index >= 15 is 0 Å². The minimum absolute atomic E-state index is 0.0112. The molecule has 0 saturated heterocycles. The molecule has 0 amide bonds. The van der Waals surface area contributed by atoms with Crippen LogP contribution in [0.1, 0.15) is 25.3 Å². The molecule has 0 aromatic heterocycles. The van der Waals surface area contributed by atoms with Gasteiger partial charge in [0.05, 0.1) is 0 Å². The number of phenols is 2. The fourth-order valence-electron chi connectivity index (χ4n) is 1.12. The highest BCUT2D eigenvalue weighted by molar-refractivity contribution is 5.69. The van der Waals surface area contributed by atoms with Gasteiger partial charge in [0.25, 0.3) is 0 Å². The van der Waals surface area contributed by atoms with E-state index in [1.165, 1.54) is 18.2 Å². The number of carbonyl (C=O) groups excluding carboxylic acids is 1. The smallest absolute Gasteiger partial charge is 0.306 e. The summed E-state index contributed by atoms with van der Waals surface area (Å²) in [5.74, 6) is -0.258. The summed E-state index contributed by atoms with van der Waals surface area (Å²) in [4.78, 5) is 11.0. The summed E-state index contributed by atoms with van der Waals surface area (Å²) < 4.78 is 4.89. The molecule has 0 heterocycles. The van der Waals surface area contributed by atoms with Crippen LogP contribution in [0.5, 0.6) is 11.5 Å². The van der Waals surface area contributed by atoms with Crippen LogP contribution in [-0.4, -0.2) is 16.2 Å². The van der Waals surface area contributed by atoms with E-state index in [2.05, 4.69) is 0 Å². The Morgan fingerprint density at radius 2 is 2.13 bits per heavy atom. The zero-order valence-electron chi connectivity index (χ0n) is 8.56. The molecule has 15 heavy (non-hydrogen) atoms. The van der Waals surface area contributed by atoms with Gasteiger partial charge >= 0.3 is 5.97 Å². The maximum absolute atomic E-state index is 11.0. The summed E-state index contributed by atoms with van der Waals surface area (Å²) in [6.45, 7) is 1.87. The molecular weight excluding hydrogens is 196 g/mol. The van der Waals surface area contributed by atoms with Gasteiger partial charge in [-0.05, 0) is 24.6 Å². The Balaban J connectivity index is 2.57. The minimum Gasteiger partial charge on any atom is -0.508 e. The van der Waals surface area contributed by atoms with Gasteiger partial charge in [-0.15, -0.1) is 0 Å². The van der Waals surface area contributed by atoms with Gasteiger partial charge in [-0.1, -0.05) is 6.92 Å². The lowest BCUT2D eigenvalue weighted by Gasteiger charge is -2.06. The molecular formula is C11H14O4. The third-order valence-electron chi connectivity index (χ3n) is 1.91. The first-order chi connectivity index (χ1) is 7.13. The average Bonchev–Trinajstić information content (AvgIpc) is 2.20. The normalized spacial score (nSPS) is 9.93. The second-order valence-electron chi connectivity index (χ2n) is 3.22. The first-order valence-corrected chi connectivity index (χ1v) is 4.80. The molecule has 2 N–H and O–H groups in total. The van der Waals surface area contributed by atoms with Crippen LogP contribution < -0.4 is 0 Å². The maximum Gasteiger partial charge on any atom is 0.306 e. The number of esters is 1. The number of hydrogen-bond acceptors (Lipinski definition) is 4. The molecule has 82 valence electrons. The van der Waals surface area contributed by atoms with Crippen LogP contribution >= 0.6 is 0 Å². The number of rotatable bonds is 4. The lowest BCUT2D eigenvalue weighted by Crippen LogP contribution is -2.03. The van der Waals surface area contributed by atoms with Gasteiger partial charge in [-0.2, -0.15) is 0 Å². The van der Waals surface area contributed by atoms with Gasteiger partial charge in [0.1, 0.15) is 18.1 Å². The van der Waals surface area contributed by atoms with Crippen LogP contribution in [-0.2, 0) is 16.1 Å². The Hall–Kier alpha value is -1.71. The molecule has 0 aliphatic heterocycles. The quantitative estimate of drug-likeness (QED) is 0.588. The van der Waals surface area contributed by atoms with Gasteiger partial charge in [0, 0.05) is 12.0 Å². The predicted octanol–water partition coefficient (Wildman–Crippen LogP) is 1.94. The first kappa shape index (κ1) is 11.4. The molecule has 0 aliphatic rings. The van der Waals surface area contributed by atoms with Gasteiger partial charge < -0.3 is 14.9 Å². The zero-order chi connectivity index (χ0) is 11.3. The Morgan fingerprint density at radius 1 is 1.40 bits per heavy atom. The summed E-state index contributed by atoms with van der Waals surface area (Å²) >= 11 is 0. The van der Waals surface area contributed by atoms with E-state index in [1.54, 1.807) is 0 Å². The van der Waals surface area contributed by atoms with Crippen molar-refractivity contribution in [1.82, 2.24) is 0 Å². The lowest BCUT2D eigenvalue weighted by molar-refractivity contribution is -0.145. The zero-order valence-corrected chi connectivity index (χ0v) is 8.56. The van der Waals surface area contributed by atoms with Crippen molar-refractivity contribution in [3.05, 3.63) is 23.8 Å². The van der Waals surface area contributed by atoms with E-state index in [4.69, 9.17) is 9.84 Å². The van der Waals surface area contributed by atoms with Crippen LogP contribution in [0, 0.1) is 0 Å². The first-order valence-electron chi connectivity index (χ1n) is 4.80. The molecule has 0 radical (unpaired) electrons. The molecule has 0 atom stereocenters. The summed E-state index contributed by atoms with van der Waals surface area (Å²) in [6, 6.07) is 4.10. The van der Waals surface area contributed by atoms with Crippen LogP contribution in [0.4, 0.5) is 0 Å². The molecule has 0 spiro atoms. The molecule has 1 rings (SSSR count). The Kier molecular flexibility index (Phi) is 3.97. The summed E-state index contributed by atoms with van der Waals surface area (Å²) in [5.41, 5.74) is 0.402. The van der Waals surface area contributed by atoms with Crippen LogP contribution in [0.25, 0.3) is 0 Å². The van der Waals surface area contributed by atoms with Crippen molar-refractivity contribution < 1.29 is 19.7 Å². The van der Waals surface area contributed by atoms with Crippen molar-refractivity contribution in [3.8, 4) is 11.5 Å². The molecule has 0 saturated carbocycles. The average molecular weight is 210 g/mol. The SMILES string of the molecule is CCCC(=O)OCc1cc(O)ccc1O. The van der Waals surface area contributed by atoms with Crippen LogP contribution in [0.3, 0.4) is 0 Å². The lowest BCUT2D eigenvalue weighted by atomic mass is 10.2. The second kappa shape index (κ2) is 5.24. The van der Waals surface area contributed by atoms with Gasteiger partial charge in [0.2, 0.25) is 0 Å². The number of hydrogen-bond donors (Lipinski definition) is 2. The highest BCUT2D eigenvalue weighted by atomic mass is 16.5. The number of carbonyl (C=O) groups is 1. The number of phenolic OH excluding ortho intramolecular Hbond substituents is 2. The van der Waals surface area contributed by atoms with Crippen molar-refractivity contribution in [2.45, 2.75) is 26.4 Å². The van der Waals surface area contributed by atoms with Crippen molar-refractivity contribution in [2.24, 2.45) is 0 Å². The molecule has 0 aliphatic carbocycles. The highest BCUT2D eigenvalue weighted by Crippen LogP contribution is 2.22. The largest absolute Gasteiger partial charge is 0.508 e. The number of aromatic hydroxyl groups is 2. The van der Waals surface area contributed by atoms with E-state index in [-0.39, 0.29) is 24.1 Å². The third-order valence-corrected chi connectivity index (χ3v) is 1.91. The Bertz CT molecular complexity index is 346. The summed E-state index contributed by atoms with van der Waals surface area (Å²) in [5, 5.41) is 18.5.